The Bertz CT molecular complexity index is 1270. The van der Waals surface area contributed by atoms with Crippen LogP contribution in [0.4, 0.5) is 0 Å². The predicted molar refractivity (Wildman–Crippen MR) is 263 cm³/mol. The Balaban J connectivity index is 4.72. The molecule has 0 aliphatic rings. The molecule has 6 heteroatoms. The predicted octanol–water partition coefficient (Wildman–Crippen LogP) is 14.7. The monoisotopic (exact) mass is 846 g/mol. The average Bonchev–Trinajstić information content (AvgIpc) is 3.25. The van der Waals surface area contributed by atoms with Crippen molar-refractivity contribution in [3.8, 4) is 0 Å². The molecule has 0 aromatic carbocycles. The summed E-state index contributed by atoms with van der Waals surface area (Å²) in [4.78, 5) is 26.0. The second kappa shape index (κ2) is 47.6. The third kappa shape index (κ3) is 43.0. The molecule has 61 heavy (non-hydrogen) atoms. The van der Waals surface area contributed by atoms with Gasteiger partial charge in [0.25, 0.3) is 0 Å². The van der Waals surface area contributed by atoms with Crippen molar-refractivity contribution in [2.24, 2.45) is 0 Å². The molecule has 346 valence electrons. The zero-order valence-electron chi connectivity index (χ0n) is 39.2. The van der Waals surface area contributed by atoms with Crippen molar-refractivity contribution in [1.82, 2.24) is 5.32 Å². The van der Waals surface area contributed by atoms with E-state index in [-0.39, 0.29) is 31.3 Å². The van der Waals surface area contributed by atoms with Crippen molar-refractivity contribution in [1.29, 1.82) is 0 Å². The number of unbranched alkanes of at least 4 members (excludes halogenated alkanes) is 19. The number of aliphatic hydroxyl groups excluding tert-OH is 2. The Morgan fingerprint density at radius 1 is 0.492 bits per heavy atom. The highest BCUT2D eigenvalue weighted by Gasteiger charge is 2.24. The fourth-order valence-corrected chi connectivity index (χ4v) is 6.88. The highest BCUT2D eigenvalue weighted by Crippen LogP contribution is 2.17. The van der Waals surface area contributed by atoms with E-state index in [1.54, 1.807) is 0 Å². The van der Waals surface area contributed by atoms with Crippen LogP contribution in [0.25, 0.3) is 0 Å². The summed E-state index contributed by atoms with van der Waals surface area (Å²) in [6.07, 6.45) is 64.4. The summed E-state index contributed by atoms with van der Waals surface area (Å²) in [7, 11) is 0. The lowest BCUT2D eigenvalue weighted by molar-refractivity contribution is -0.151. The summed E-state index contributed by atoms with van der Waals surface area (Å²) >= 11 is 0. The number of amides is 1. The maximum Gasteiger partial charge on any atom is 0.306 e. The van der Waals surface area contributed by atoms with Crippen LogP contribution >= 0.6 is 0 Å². The van der Waals surface area contributed by atoms with E-state index in [2.05, 4.69) is 50.4 Å². The van der Waals surface area contributed by atoms with Crippen LogP contribution < -0.4 is 5.32 Å². The lowest BCUT2D eigenvalue weighted by atomic mass is 10.0. The van der Waals surface area contributed by atoms with E-state index in [9.17, 15) is 19.8 Å². The van der Waals surface area contributed by atoms with Gasteiger partial charge in [0.1, 0.15) is 6.10 Å². The first kappa shape index (κ1) is 57.5. The van der Waals surface area contributed by atoms with E-state index < -0.39 is 18.2 Å². The van der Waals surface area contributed by atoms with E-state index in [0.717, 1.165) is 64.2 Å². The van der Waals surface area contributed by atoms with Crippen LogP contribution in [0.15, 0.2) is 109 Å². The maximum atomic E-state index is 13.2. The van der Waals surface area contributed by atoms with Crippen molar-refractivity contribution in [3.05, 3.63) is 109 Å². The van der Waals surface area contributed by atoms with Gasteiger partial charge in [0, 0.05) is 6.42 Å². The number of carbonyl (C=O) groups is 2. The van der Waals surface area contributed by atoms with Crippen LogP contribution in [0.5, 0.6) is 0 Å². The summed E-state index contributed by atoms with van der Waals surface area (Å²) in [5, 5.41) is 23.7. The molecular formula is C55H91NO5. The average molecular weight is 846 g/mol. The fourth-order valence-electron chi connectivity index (χ4n) is 6.88. The van der Waals surface area contributed by atoms with Gasteiger partial charge in [0.15, 0.2) is 0 Å². The number of rotatable bonds is 42. The molecule has 0 spiro atoms. The molecule has 0 rings (SSSR count). The van der Waals surface area contributed by atoms with E-state index in [0.29, 0.717) is 19.3 Å². The van der Waals surface area contributed by atoms with Gasteiger partial charge >= 0.3 is 5.97 Å². The molecule has 0 fully saturated rings. The minimum atomic E-state index is -0.817. The number of hydrogen-bond donors (Lipinski definition) is 3. The Hall–Kier alpha value is -3.48. The standard InChI is InChI=1S/C55H91NO5/c1-4-7-10-13-16-19-22-25-26-27-30-32-35-38-41-44-47-53(58)52(50-57)56-54(59)49-51(46-43-40-37-34-31-28-23-20-17-14-11-8-5-2)61-55(60)48-45-42-39-36-33-29-24-21-18-15-12-9-6-3/h8-9,11-12,14-15,17-18,20-21,23-24,28-29,31,33,36,39,51-53,57-58H,4-7,10,13,16,19,22,25-27,30,32,34-35,37-38,40-50H2,1-3H3,(H,56,59)/b11-8+,12-9+,17-14+,18-15+,23-20+,24-21-,31-28-,33-29-,39-36+. The van der Waals surface area contributed by atoms with Gasteiger partial charge in [-0.05, 0) is 57.8 Å². The number of allylic oxidation sites excluding steroid dienone is 18. The van der Waals surface area contributed by atoms with Crippen LogP contribution in [0.2, 0.25) is 0 Å². The Kier molecular flexibility index (Phi) is 44.9. The second-order valence-corrected chi connectivity index (χ2v) is 16.3. The van der Waals surface area contributed by atoms with Crippen LogP contribution in [0.1, 0.15) is 201 Å². The van der Waals surface area contributed by atoms with Gasteiger partial charge in [-0.1, -0.05) is 239 Å². The smallest absolute Gasteiger partial charge is 0.306 e. The van der Waals surface area contributed by atoms with Crippen LogP contribution in [0.3, 0.4) is 0 Å². The van der Waals surface area contributed by atoms with E-state index in [1.807, 2.05) is 85.1 Å². The van der Waals surface area contributed by atoms with Crippen molar-refractivity contribution in [3.63, 3.8) is 0 Å². The Labute approximate surface area is 375 Å². The molecule has 1 amide bonds. The van der Waals surface area contributed by atoms with Crippen molar-refractivity contribution in [2.75, 3.05) is 6.61 Å². The van der Waals surface area contributed by atoms with E-state index in [4.69, 9.17) is 4.74 Å². The molecule has 3 N–H and O–H groups in total. The van der Waals surface area contributed by atoms with E-state index >= 15 is 0 Å². The van der Waals surface area contributed by atoms with Gasteiger partial charge in [-0.25, -0.2) is 0 Å². The Morgan fingerprint density at radius 2 is 0.885 bits per heavy atom. The SMILES string of the molecule is CC/C=C/C=C/C=C\C=C/C=C/CCCC(=O)OC(CCCCC\C=C/C=C/C=C/C=C/CC)CC(=O)NC(CO)C(O)CCCCCCCCCCCCCCCCCC. The zero-order valence-corrected chi connectivity index (χ0v) is 39.2. The first-order chi connectivity index (χ1) is 30.0. The zero-order chi connectivity index (χ0) is 44.5. The van der Waals surface area contributed by atoms with E-state index in [1.165, 1.54) is 83.5 Å². The van der Waals surface area contributed by atoms with Crippen molar-refractivity contribution in [2.45, 2.75) is 219 Å². The fraction of sp³-hybridized carbons (Fsp3) is 0.636. The lowest BCUT2D eigenvalue weighted by Crippen LogP contribution is -2.46. The molecule has 0 radical (unpaired) electrons. The molecule has 0 aliphatic heterocycles. The van der Waals surface area contributed by atoms with Crippen LogP contribution in [-0.2, 0) is 14.3 Å². The number of carbonyl (C=O) groups excluding carboxylic acids is 2. The van der Waals surface area contributed by atoms with Gasteiger partial charge < -0.3 is 20.3 Å². The van der Waals surface area contributed by atoms with Gasteiger partial charge in [0.05, 0.1) is 25.2 Å². The van der Waals surface area contributed by atoms with Gasteiger partial charge in [-0.2, -0.15) is 0 Å². The van der Waals surface area contributed by atoms with Gasteiger partial charge in [-0.3, -0.25) is 9.59 Å². The van der Waals surface area contributed by atoms with Crippen LogP contribution in [0, 0.1) is 0 Å². The molecule has 6 nitrogen and oxygen atoms in total. The van der Waals surface area contributed by atoms with Crippen LogP contribution in [-0.4, -0.2) is 46.9 Å². The molecule has 0 saturated heterocycles. The molecule has 0 aromatic heterocycles. The molecule has 0 saturated carbocycles. The largest absolute Gasteiger partial charge is 0.462 e. The number of aliphatic hydroxyl groups is 2. The third-order valence-corrected chi connectivity index (χ3v) is 10.6. The minimum Gasteiger partial charge on any atom is -0.462 e. The molecule has 0 bridgehead atoms. The minimum absolute atomic E-state index is 0.0158. The normalized spacial score (nSPS) is 14.2. The lowest BCUT2D eigenvalue weighted by Gasteiger charge is -2.24. The molecule has 3 unspecified atom stereocenters. The maximum absolute atomic E-state index is 13.2. The molecule has 0 heterocycles. The topological polar surface area (TPSA) is 95.9 Å². The highest BCUT2D eigenvalue weighted by molar-refractivity contribution is 5.77. The van der Waals surface area contributed by atoms with Gasteiger partial charge in [-0.15, -0.1) is 0 Å². The first-order valence-corrected chi connectivity index (χ1v) is 24.7. The molecular weight excluding hydrogens is 755 g/mol. The number of nitrogens with one attached hydrogen (secondary N) is 1. The summed E-state index contributed by atoms with van der Waals surface area (Å²) in [5.74, 6) is -0.613. The summed E-state index contributed by atoms with van der Waals surface area (Å²) in [6.45, 7) is 6.16. The van der Waals surface area contributed by atoms with Crippen molar-refractivity contribution < 1.29 is 24.5 Å². The molecule has 0 aliphatic carbocycles. The Morgan fingerprint density at radius 3 is 1.34 bits per heavy atom. The number of ether oxygens (including phenoxy) is 1. The first-order valence-electron chi connectivity index (χ1n) is 24.7. The second-order valence-electron chi connectivity index (χ2n) is 16.3. The summed E-state index contributed by atoms with van der Waals surface area (Å²) in [6, 6.07) is -0.736. The highest BCUT2D eigenvalue weighted by atomic mass is 16.5. The van der Waals surface area contributed by atoms with Gasteiger partial charge in [0.2, 0.25) is 5.91 Å². The molecule has 3 atom stereocenters. The summed E-state index contributed by atoms with van der Waals surface area (Å²) in [5.41, 5.74) is 0. The summed E-state index contributed by atoms with van der Waals surface area (Å²) < 4.78 is 5.86. The number of hydrogen-bond acceptors (Lipinski definition) is 5. The quantitative estimate of drug-likeness (QED) is 0.0323. The number of esters is 1. The van der Waals surface area contributed by atoms with Crippen molar-refractivity contribution >= 4 is 11.9 Å². The third-order valence-electron chi connectivity index (χ3n) is 10.6. The molecule has 0 aromatic rings.